The molecule has 3 aromatic rings. The molecule has 0 aliphatic rings. The number of amides is 1. The van der Waals surface area contributed by atoms with Crippen molar-refractivity contribution in [2.24, 2.45) is 0 Å². The largest absolute Gasteiger partial charge is 0.495 e. The summed E-state index contributed by atoms with van der Waals surface area (Å²) in [5.74, 6) is -1.51. The van der Waals surface area contributed by atoms with Gasteiger partial charge in [-0.15, -0.1) is 0 Å². The quantitative estimate of drug-likeness (QED) is 0.733. The Kier molecular flexibility index (Phi) is 4.85. The summed E-state index contributed by atoms with van der Waals surface area (Å²) in [6, 6.07) is 11.1. The number of alkyl halides is 3. The molecule has 0 aliphatic carbocycles. The molecule has 0 radical (unpaired) electrons. The van der Waals surface area contributed by atoms with Crippen molar-refractivity contribution < 1.29 is 27.2 Å². The highest BCUT2D eigenvalue weighted by Crippen LogP contribution is 2.29. The molecule has 0 atom stereocenters. The standard InChI is InChI=1S/C18H14F3N3O3/c1-10-3-8-13(14(9-10)26-2)22-16(25)12-6-4-11(5-7-12)15-23-17(27-24-15)18(19,20)21/h3-9H,1-2H3,(H,22,25). The van der Waals surface area contributed by atoms with Crippen LogP contribution in [0.4, 0.5) is 18.9 Å². The van der Waals surface area contributed by atoms with E-state index in [0.717, 1.165) is 5.56 Å². The smallest absolute Gasteiger partial charge is 0.471 e. The second-order valence-corrected chi connectivity index (χ2v) is 5.66. The lowest BCUT2D eigenvalue weighted by molar-refractivity contribution is -0.159. The van der Waals surface area contributed by atoms with Gasteiger partial charge in [0.2, 0.25) is 5.82 Å². The number of nitrogens with zero attached hydrogens (tertiary/aromatic N) is 2. The number of carbonyl (C=O) groups excluding carboxylic acids is 1. The zero-order valence-electron chi connectivity index (χ0n) is 14.3. The molecule has 0 saturated carbocycles. The SMILES string of the molecule is COc1cc(C)ccc1NC(=O)c1ccc(-c2noc(C(F)(F)F)n2)cc1. The number of carbonyl (C=O) groups is 1. The van der Waals surface area contributed by atoms with Crippen molar-refractivity contribution in [2.75, 3.05) is 12.4 Å². The molecule has 6 nitrogen and oxygen atoms in total. The molecule has 3 rings (SSSR count). The van der Waals surface area contributed by atoms with Crippen LogP contribution in [0.5, 0.6) is 5.75 Å². The first-order chi connectivity index (χ1) is 12.8. The Morgan fingerprint density at radius 3 is 2.44 bits per heavy atom. The maximum Gasteiger partial charge on any atom is 0.471 e. The zero-order valence-corrected chi connectivity index (χ0v) is 14.3. The van der Waals surface area contributed by atoms with E-state index in [1.807, 2.05) is 13.0 Å². The van der Waals surface area contributed by atoms with E-state index < -0.39 is 18.0 Å². The lowest BCUT2D eigenvalue weighted by Gasteiger charge is -2.11. The number of nitrogens with one attached hydrogen (secondary N) is 1. The minimum atomic E-state index is -4.71. The molecule has 9 heteroatoms. The van der Waals surface area contributed by atoms with Gasteiger partial charge in [-0.3, -0.25) is 4.79 Å². The number of ether oxygens (including phenoxy) is 1. The molecular weight excluding hydrogens is 363 g/mol. The van der Waals surface area contributed by atoms with Crippen molar-refractivity contribution in [3.05, 3.63) is 59.5 Å². The van der Waals surface area contributed by atoms with Gasteiger partial charge in [0.25, 0.3) is 5.91 Å². The monoisotopic (exact) mass is 377 g/mol. The summed E-state index contributed by atoms with van der Waals surface area (Å²) in [5.41, 5.74) is 2.08. The molecule has 1 amide bonds. The Labute approximate surface area is 152 Å². The topological polar surface area (TPSA) is 77.2 Å². The van der Waals surface area contributed by atoms with Crippen molar-refractivity contribution in [1.82, 2.24) is 10.1 Å². The summed E-state index contributed by atoms with van der Waals surface area (Å²) in [6.45, 7) is 1.90. The minimum absolute atomic E-state index is 0.213. The third-order valence-corrected chi connectivity index (χ3v) is 3.68. The molecule has 0 fully saturated rings. The molecule has 0 aliphatic heterocycles. The Hall–Kier alpha value is -3.36. The summed E-state index contributed by atoms with van der Waals surface area (Å²) in [7, 11) is 1.50. The Morgan fingerprint density at radius 1 is 1.15 bits per heavy atom. The van der Waals surface area contributed by atoms with Crippen LogP contribution in [0.15, 0.2) is 47.0 Å². The van der Waals surface area contributed by atoms with E-state index in [9.17, 15) is 18.0 Å². The van der Waals surface area contributed by atoms with Gasteiger partial charge in [-0.05, 0) is 36.8 Å². The molecule has 0 saturated heterocycles. The van der Waals surface area contributed by atoms with Crippen molar-refractivity contribution in [3.63, 3.8) is 0 Å². The molecule has 1 N–H and O–H groups in total. The van der Waals surface area contributed by atoms with Crippen LogP contribution < -0.4 is 10.1 Å². The number of hydrogen-bond donors (Lipinski definition) is 1. The molecule has 0 unspecified atom stereocenters. The fraction of sp³-hybridized carbons (Fsp3) is 0.167. The van der Waals surface area contributed by atoms with Crippen LogP contribution in [0.3, 0.4) is 0 Å². The van der Waals surface area contributed by atoms with Crippen LogP contribution in [-0.2, 0) is 6.18 Å². The van der Waals surface area contributed by atoms with Gasteiger partial charge in [0.15, 0.2) is 0 Å². The summed E-state index contributed by atoms with van der Waals surface area (Å²) in [5, 5.41) is 6.03. The van der Waals surface area contributed by atoms with Gasteiger partial charge < -0.3 is 14.6 Å². The minimum Gasteiger partial charge on any atom is -0.495 e. The van der Waals surface area contributed by atoms with Crippen LogP contribution in [-0.4, -0.2) is 23.2 Å². The average Bonchev–Trinajstić information content (AvgIpc) is 3.14. The third-order valence-electron chi connectivity index (χ3n) is 3.68. The van der Waals surface area contributed by atoms with Crippen molar-refractivity contribution in [3.8, 4) is 17.1 Å². The van der Waals surface area contributed by atoms with Crippen molar-refractivity contribution >= 4 is 11.6 Å². The molecule has 27 heavy (non-hydrogen) atoms. The van der Waals surface area contributed by atoms with Gasteiger partial charge in [0.05, 0.1) is 12.8 Å². The molecule has 2 aromatic carbocycles. The number of anilines is 1. The molecule has 0 bridgehead atoms. The summed E-state index contributed by atoms with van der Waals surface area (Å²) >= 11 is 0. The number of halogens is 3. The number of aromatic nitrogens is 2. The molecule has 1 aromatic heterocycles. The predicted molar refractivity (Wildman–Crippen MR) is 90.4 cm³/mol. The zero-order chi connectivity index (χ0) is 19.6. The third kappa shape index (κ3) is 4.08. The van der Waals surface area contributed by atoms with E-state index in [1.54, 1.807) is 12.1 Å². The number of hydrogen-bond acceptors (Lipinski definition) is 5. The van der Waals surface area contributed by atoms with Gasteiger partial charge in [0.1, 0.15) is 5.75 Å². The summed E-state index contributed by atoms with van der Waals surface area (Å²) in [6.07, 6.45) is -4.71. The van der Waals surface area contributed by atoms with E-state index in [-0.39, 0.29) is 5.82 Å². The molecule has 140 valence electrons. The first-order valence-corrected chi connectivity index (χ1v) is 7.75. The molecule has 0 spiro atoms. The Balaban J connectivity index is 1.77. The first kappa shape index (κ1) is 18.4. The van der Waals surface area contributed by atoms with Gasteiger partial charge in [-0.2, -0.15) is 18.2 Å². The highest BCUT2D eigenvalue weighted by molar-refractivity contribution is 6.05. The van der Waals surface area contributed by atoms with Gasteiger partial charge in [0, 0.05) is 11.1 Å². The molecular formula is C18H14F3N3O3. The van der Waals surface area contributed by atoms with Gasteiger partial charge >= 0.3 is 12.1 Å². The van der Waals surface area contributed by atoms with Crippen LogP contribution in [0.2, 0.25) is 0 Å². The highest BCUT2D eigenvalue weighted by Gasteiger charge is 2.38. The normalized spacial score (nSPS) is 11.3. The van der Waals surface area contributed by atoms with Gasteiger partial charge in [-0.25, -0.2) is 0 Å². The van der Waals surface area contributed by atoms with E-state index in [2.05, 4.69) is 20.0 Å². The van der Waals surface area contributed by atoms with Crippen molar-refractivity contribution in [1.29, 1.82) is 0 Å². The summed E-state index contributed by atoms with van der Waals surface area (Å²) < 4.78 is 47.0. The van der Waals surface area contributed by atoms with Crippen LogP contribution >= 0.6 is 0 Å². The lowest BCUT2D eigenvalue weighted by atomic mass is 10.1. The maximum absolute atomic E-state index is 12.5. The van der Waals surface area contributed by atoms with Gasteiger partial charge in [-0.1, -0.05) is 23.4 Å². The number of rotatable bonds is 4. The number of methoxy groups -OCH3 is 1. The van der Waals surface area contributed by atoms with Crippen LogP contribution in [0.25, 0.3) is 11.4 Å². The predicted octanol–water partition coefficient (Wildman–Crippen LogP) is 4.32. The number of aryl methyl sites for hydroxylation is 1. The second-order valence-electron chi connectivity index (χ2n) is 5.66. The Morgan fingerprint density at radius 2 is 1.85 bits per heavy atom. The molecule has 1 heterocycles. The second kappa shape index (κ2) is 7.10. The van der Waals surface area contributed by atoms with Crippen LogP contribution in [0, 0.1) is 6.92 Å². The van der Waals surface area contributed by atoms with E-state index in [0.29, 0.717) is 22.6 Å². The lowest BCUT2D eigenvalue weighted by Crippen LogP contribution is -2.12. The maximum atomic E-state index is 12.5. The summed E-state index contributed by atoms with van der Waals surface area (Å²) in [4.78, 5) is 15.7. The highest BCUT2D eigenvalue weighted by atomic mass is 19.4. The number of benzene rings is 2. The fourth-order valence-corrected chi connectivity index (χ4v) is 2.32. The van der Waals surface area contributed by atoms with E-state index >= 15 is 0 Å². The van der Waals surface area contributed by atoms with E-state index in [4.69, 9.17) is 4.74 Å². The van der Waals surface area contributed by atoms with Crippen molar-refractivity contribution in [2.45, 2.75) is 13.1 Å². The fourth-order valence-electron chi connectivity index (χ4n) is 2.32. The van der Waals surface area contributed by atoms with Crippen LogP contribution in [0.1, 0.15) is 21.8 Å². The average molecular weight is 377 g/mol. The first-order valence-electron chi connectivity index (χ1n) is 7.75. The Bertz CT molecular complexity index is 966. The van der Waals surface area contributed by atoms with E-state index in [1.165, 1.54) is 31.4 Å².